The number of esters is 1. The van der Waals surface area contributed by atoms with Crippen LogP contribution in [0.4, 0.5) is 5.69 Å². The summed E-state index contributed by atoms with van der Waals surface area (Å²) in [6.07, 6.45) is 1.41. The normalized spacial score (nSPS) is 10.6. The molecule has 0 aliphatic rings. The van der Waals surface area contributed by atoms with E-state index < -0.39 is 16.8 Å². The van der Waals surface area contributed by atoms with E-state index in [1.54, 1.807) is 25.1 Å². The minimum atomic E-state index is -0.691. The summed E-state index contributed by atoms with van der Waals surface area (Å²) in [4.78, 5) is 34.6. The highest BCUT2D eigenvalue weighted by molar-refractivity contribution is 5.92. The molecule has 3 aromatic carbocycles. The third kappa shape index (κ3) is 7.13. The Bertz CT molecular complexity index is 1240. The van der Waals surface area contributed by atoms with E-state index in [1.165, 1.54) is 36.5 Å². The predicted octanol–water partition coefficient (Wildman–Crippen LogP) is 4.05. The Labute approximate surface area is 201 Å². The molecule has 0 heterocycles. The zero-order chi connectivity index (χ0) is 25.2. The van der Waals surface area contributed by atoms with E-state index in [1.807, 2.05) is 25.1 Å². The number of carbonyl (C=O) groups excluding carboxylic acids is 2. The van der Waals surface area contributed by atoms with Gasteiger partial charge in [-0.25, -0.2) is 10.2 Å². The van der Waals surface area contributed by atoms with Gasteiger partial charge in [0.1, 0.15) is 5.75 Å². The van der Waals surface area contributed by atoms with Crippen LogP contribution in [0.3, 0.4) is 0 Å². The number of non-ortho nitro benzene ring substituents is 1. The van der Waals surface area contributed by atoms with E-state index in [-0.39, 0.29) is 23.6 Å². The van der Waals surface area contributed by atoms with E-state index in [0.717, 1.165) is 5.56 Å². The average molecular weight is 477 g/mol. The molecule has 0 fully saturated rings. The third-order valence-corrected chi connectivity index (χ3v) is 4.64. The van der Waals surface area contributed by atoms with Crippen LogP contribution < -0.4 is 19.6 Å². The first-order chi connectivity index (χ1) is 16.9. The van der Waals surface area contributed by atoms with Crippen molar-refractivity contribution in [3.63, 3.8) is 0 Å². The van der Waals surface area contributed by atoms with Crippen LogP contribution >= 0.6 is 0 Å². The number of ether oxygens (including phenoxy) is 3. The van der Waals surface area contributed by atoms with Crippen molar-refractivity contribution in [2.45, 2.75) is 13.8 Å². The Balaban J connectivity index is 1.61. The molecule has 0 spiro atoms. The van der Waals surface area contributed by atoms with Gasteiger partial charge in [-0.3, -0.25) is 14.9 Å². The van der Waals surface area contributed by atoms with Crippen LogP contribution in [-0.4, -0.2) is 36.2 Å². The zero-order valence-corrected chi connectivity index (χ0v) is 19.1. The highest BCUT2D eigenvalue weighted by Crippen LogP contribution is 2.29. The summed E-state index contributed by atoms with van der Waals surface area (Å²) in [7, 11) is 0. The lowest BCUT2D eigenvalue weighted by atomic mass is 10.2. The SMILES string of the molecule is CCOc1cc(/C=N/NC(=O)COc2ccccc2C)ccc1OC(=O)c1ccc([N+](=O)[O-])cc1. The summed E-state index contributed by atoms with van der Waals surface area (Å²) in [6, 6.07) is 17.2. The first-order valence-electron chi connectivity index (χ1n) is 10.6. The first kappa shape index (κ1) is 24.9. The zero-order valence-electron chi connectivity index (χ0n) is 19.1. The second-order valence-electron chi connectivity index (χ2n) is 7.18. The molecule has 0 saturated carbocycles. The van der Waals surface area contributed by atoms with Gasteiger partial charge < -0.3 is 14.2 Å². The molecule has 0 radical (unpaired) electrons. The summed E-state index contributed by atoms with van der Waals surface area (Å²) >= 11 is 0. The molecule has 0 aromatic heterocycles. The summed E-state index contributed by atoms with van der Waals surface area (Å²) in [5, 5.41) is 14.7. The number of aryl methyl sites for hydroxylation is 1. The number of hydrogen-bond donors (Lipinski definition) is 1. The van der Waals surface area contributed by atoms with Crippen LogP contribution in [0.25, 0.3) is 0 Å². The summed E-state index contributed by atoms with van der Waals surface area (Å²) < 4.78 is 16.4. The van der Waals surface area contributed by atoms with Gasteiger partial charge in [-0.05, 0) is 61.4 Å². The number of hydrogen-bond acceptors (Lipinski definition) is 8. The van der Waals surface area contributed by atoms with Crippen molar-refractivity contribution in [1.29, 1.82) is 0 Å². The van der Waals surface area contributed by atoms with Gasteiger partial charge in [0.25, 0.3) is 11.6 Å². The van der Waals surface area contributed by atoms with Gasteiger partial charge in [-0.2, -0.15) is 5.10 Å². The largest absolute Gasteiger partial charge is 0.490 e. The Hall–Kier alpha value is -4.73. The average Bonchev–Trinajstić information content (AvgIpc) is 2.85. The van der Waals surface area contributed by atoms with E-state index in [2.05, 4.69) is 10.5 Å². The van der Waals surface area contributed by atoms with Crippen molar-refractivity contribution >= 4 is 23.8 Å². The van der Waals surface area contributed by atoms with Gasteiger partial charge in [0.05, 0.1) is 23.3 Å². The van der Waals surface area contributed by atoms with Crippen molar-refractivity contribution in [2.75, 3.05) is 13.2 Å². The maximum atomic E-state index is 12.4. The highest BCUT2D eigenvalue weighted by atomic mass is 16.6. The lowest BCUT2D eigenvalue weighted by Gasteiger charge is -2.11. The van der Waals surface area contributed by atoms with Crippen LogP contribution in [0.15, 0.2) is 71.8 Å². The second kappa shape index (κ2) is 11.9. The Morgan fingerprint density at radius 1 is 1.00 bits per heavy atom. The topological polar surface area (TPSA) is 129 Å². The van der Waals surface area contributed by atoms with Gasteiger partial charge in [0, 0.05) is 12.1 Å². The van der Waals surface area contributed by atoms with Gasteiger partial charge in [0.15, 0.2) is 18.1 Å². The molecule has 0 atom stereocenters. The Kier molecular flexibility index (Phi) is 8.49. The first-order valence-corrected chi connectivity index (χ1v) is 10.6. The van der Waals surface area contributed by atoms with Crippen LogP contribution in [0.1, 0.15) is 28.4 Å². The van der Waals surface area contributed by atoms with E-state index >= 15 is 0 Å². The van der Waals surface area contributed by atoms with Gasteiger partial charge in [0.2, 0.25) is 0 Å². The van der Waals surface area contributed by atoms with E-state index in [9.17, 15) is 19.7 Å². The molecule has 35 heavy (non-hydrogen) atoms. The van der Waals surface area contributed by atoms with Gasteiger partial charge >= 0.3 is 5.97 Å². The summed E-state index contributed by atoms with van der Waals surface area (Å²) in [5.74, 6) is -0.0397. The molecular weight excluding hydrogens is 454 g/mol. The van der Waals surface area contributed by atoms with Crippen molar-refractivity contribution in [3.05, 3.63) is 93.5 Å². The summed E-state index contributed by atoms with van der Waals surface area (Å²) in [5.41, 5.74) is 3.91. The van der Waals surface area contributed by atoms with Crippen LogP contribution in [-0.2, 0) is 4.79 Å². The predicted molar refractivity (Wildman–Crippen MR) is 128 cm³/mol. The molecule has 0 saturated heterocycles. The molecule has 0 aliphatic carbocycles. The Morgan fingerprint density at radius 3 is 2.43 bits per heavy atom. The maximum absolute atomic E-state index is 12.4. The molecule has 3 rings (SSSR count). The summed E-state index contributed by atoms with van der Waals surface area (Å²) in [6.45, 7) is 3.78. The van der Waals surface area contributed by atoms with Crippen molar-refractivity contribution in [1.82, 2.24) is 5.43 Å². The van der Waals surface area contributed by atoms with Crippen LogP contribution in [0.2, 0.25) is 0 Å². The molecule has 1 N–H and O–H groups in total. The van der Waals surface area contributed by atoms with Crippen LogP contribution in [0, 0.1) is 17.0 Å². The second-order valence-corrected chi connectivity index (χ2v) is 7.18. The number of carbonyl (C=O) groups is 2. The molecule has 180 valence electrons. The van der Waals surface area contributed by atoms with Gasteiger partial charge in [-0.1, -0.05) is 18.2 Å². The lowest BCUT2D eigenvalue weighted by molar-refractivity contribution is -0.384. The monoisotopic (exact) mass is 477 g/mol. The molecule has 0 bridgehead atoms. The fraction of sp³-hybridized carbons (Fsp3) is 0.160. The third-order valence-electron chi connectivity index (χ3n) is 4.64. The molecule has 3 aromatic rings. The molecule has 0 aliphatic heterocycles. The molecule has 10 nitrogen and oxygen atoms in total. The minimum absolute atomic E-state index is 0.131. The number of rotatable bonds is 10. The fourth-order valence-electron chi connectivity index (χ4n) is 2.91. The molecule has 1 amide bonds. The number of hydrazone groups is 1. The number of nitrogens with zero attached hydrogens (tertiary/aromatic N) is 2. The van der Waals surface area contributed by atoms with E-state index in [0.29, 0.717) is 23.7 Å². The smallest absolute Gasteiger partial charge is 0.343 e. The number of para-hydroxylation sites is 1. The number of amides is 1. The Morgan fingerprint density at radius 2 is 1.74 bits per heavy atom. The molecular formula is C25H23N3O7. The van der Waals surface area contributed by atoms with Gasteiger partial charge in [-0.15, -0.1) is 0 Å². The number of nitro groups is 1. The standard InChI is InChI=1S/C25H23N3O7/c1-3-33-23-14-18(15-26-27-24(29)16-34-21-7-5-4-6-17(21)2)8-13-22(23)35-25(30)19-9-11-20(12-10-19)28(31)32/h4-15H,3,16H2,1-2H3,(H,27,29)/b26-15+. The fourth-order valence-corrected chi connectivity index (χ4v) is 2.91. The molecule has 10 heteroatoms. The van der Waals surface area contributed by atoms with E-state index in [4.69, 9.17) is 14.2 Å². The maximum Gasteiger partial charge on any atom is 0.343 e. The van der Waals surface area contributed by atoms with Crippen molar-refractivity contribution in [2.24, 2.45) is 5.10 Å². The highest BCUT2D eigenvalue weighted by Gasteiger charge is 2.15. The minimum Gasteiger partial charge on any atom is -0.490 e. The van der Waals surface area contributed by atoms with Crippen molar-refractivity contribution in [3.8, 4) is 17.2 Å². The van der Waals surface area contributed by atoms with Crippen molar-refractivity contribution < 1.29 is 28.7 Å². The van der Waals surface area contributed by atoms with Crippen LogP contribution in [0.5, 0.6) is 17.2 Å². The quantitative estimate of drug-likeness (QED) is 0.153. The number of benzene rings is 3. The lowest BCUT2D eigenvalue weighted by Crippen LogP contribution is -2.24. The number of nitrogens with one attached hydrogen (secondary N) is 1. The molecule has 0 unspecified atom stereocenters. The number of nitro benzene ring substituents is 1.